The van der Waals surface area contributed by atoms with Gasteiger partial charge in [-0.2, -0.15) is 12.1 Å². The van der Waals surface area contributed by atoms with Crippen LogP contribution in [0.3, 0.4) is 0 Å². The van der Waals surface area contributed by atoms with Crippen LogP contribution in [0.2, 0.25) is 13.1 Å². The van der Waals surface area contributed by atoms with Crippen LogP contribution in [0.25, 0.3) is 33.7 Å². The molecule has 0 amide bonds. The molecule has 0 fully saturated rings. The standard InChI is InChI=1S/2C16H19.C2H6Si.2ClH.Zr/c2*1-3-4-5-6-8-14-9-7-10-15-11-13(2)12-16(14)15;1-3-2;;;/h2*6-12H,3-5H2,1-2H3;1-2H3;2*1H;/q2*-1;;;;+4/p-2. The van der Waals surface area contributed by atoms with Crippen molar-refractivity contribution in [1.29, 1.82) is 0 Å². The fraction of sp³-hybridized carbons (Fsp3) is 0.353. The van der Waals surface area contributed by atoms with Gasteiger partial charge in [0.25, 0.3) is 0 Å². The summed E-state index contributed by atoms with van der Waals surface area (Å²) >= 11 is -0.826. The molecule has 0 bridgehead atoms. The third kappa shape index (κ3) is 13.3. The molecule has 38 heavy (non-hydrogen) atoms. The SMILES string of the molecule is CCCCC=Cc1cccc2[cH-]c(C)cc12.CCCCC=Cc1cccc2[cH-]c(C)cc12.C[Si]C.[Cl][Zr+2][Cl]. The molecule has 4 rings (SSSR count). The predicted octanol–water partition coefficient (Wildman–Crippen LogP) is 12.3. The first-order chi connectivity index (χ1) is 18.4. The molecule has 0 aliphatic rings. The zero-order valence-corrected chi connectivity index (χ0v) is 29.1. The van der Waals surface area contributed by atoms with Gasteiger partial charge in [-0.15, -0.1) is 69.1 Å². The molecule has 0 atom stereocenters. The number of hydrogen-bond acceptors (Lipinski definition) is 0. The summed E-state index contributed by atoms with van der Waals surface area (Å²) in [5, 5.41) is 5.48. The molecule has 4 aromatic rings. The molecular weight excluding hydrogens is 599 g/mol. The third-order valence-corrected chi connectivity index (χ3v) is 5.90. The van der Waals surface area contributed by atoms with Crippen molar-refractivity contribution in [2.45, 2.75) is 79.3 Å². The molecule has 0 aliphatic carbocycles. The van der Waals surface area contributed by atoms with E-state index in [0.717, 1.165) is 9.52 Å². The van der Waals surface area contributed by atoms with Crippen molar-refractivity contribution in [1.82, 2.24) is 0 Å². The topological polar surface area (TPSA) is 0 Å². The van der Waals surface area contributed by atoms with E-state index in [1.807, 2.05) is 0 Å². The van der Waals surface area contributed by atoms with Gasteiger partial charge in [-0.25, -0.2) is 0 Å². The van der Waals surface area contributed by atoms with Gasteiger partial charge in [-0.05, 0) is 12.8 Å². The number of hydrogen-bond donors (Lipinski definition) is 0. The van der Waals surface area contributed by atoms with E-state index >= 15 is 0 Å². The number of fused-ring (bicyclic) bond motifs is 2. The summed E-state index contributed by atoms with van der Waals surface area (Å²) in [7, 11) is 11.0. The minimum atomic E-state index is -0.826. The summed E-state index contributed by atoms with van der Waals surface area (Å²) < 4.78 is 0. The predicted molar refractivity (Wildman–Crippen MR) is 175 cm³/mol. The summed E-state index contributed by atoms with van der Waals surface area (Å²) in [5.74, 6) is 0. The summed E-state index contributed by atoms with van der Waals surface area (Å²) in [6, 6.07) is 22.1. The molecule has 0 heterocycles. The number of aryl methyl sites for hydroxylation is 2. The van der Waals surface area contributed by atoms with Crippen molar-refractivity contribution in [3.8, 4) is 0 Å². The summed E-state index contributed by atoms with van der Waals surface area (Å²) in [5.41, 5.74) is 5.40. The fourth-order valence-corrected chi connectivity index (χ4v) is 4.17. The van der Waals surface area contributed by atoms with Gasteiger partial charge >= 0.3 is 37.9 Å². The van der Waals surface area contributed by atoms with Crippen LogP contribution in [0, 0.1) is 13.8 Å². The second-order valence-corrected chi connectivity index (χ2v) is 14.2. The Morgan fingerprint density at radius 3 is 1.45 bits per heavy atom. The average Bonchev–Trinajstić information content (AvgIpc) is 3.47. The number of unbranched alkanes of at least 4 members (excludes halogenated alkanes) is 4. The van der Waals surface area contributed by atoms with Gasteiger partial charge in [-0.1, -0.05) is 114 Å². The molecule has 2 radical (unpaired) electrons. The maximum atomic E-state index is 4.93. The molecule has 0 spiro atoms. The molecule has 0 saturated carbocycles. The van der Waals surface area contributed by atoms with Crippen LogP contribution in [-0.2, 0) is 20.8 Å². The first-order valence-electron chi connectivity index (χ1n) is 13.7. The van der Waals surface area contributed by atoms with Crippen molar-refractivity contribution in [3.63, 3.8) is 0 Å². The summed E-state index contributed by atoms with van der Waals surface area (Å²) in [6.45, 7) is 13.1. The number of rotatable bonds is 8. The maximum absolute atomic E-state index is 4.93. The number of allylic oxidation sites excluding steroid dienone is 2. The zero-order chi connectivity index (χ0) is 28.2. The van der Waals surface area contributed by atoms with E-state index in [9.17, 15) is 0 Å². The molecule has 4 heteroatoms. The van der Waals surface area contributed by atoms with E-state index in [2.05, 4.69) is 126 Å². The van der Waals surface area contributed by atoms with Crippen LogP contribution in [0.1, 0.15) is 74.6 Å². The van der Waals surface area contributed by atoms with E-state index in [1.54, 1.807) is 0 Å². The number of halogens is 2. The quantitative estimate of drug-likeness (QED) is 0.102. The van der Waals surface area contributed by atoms with Gasteiger partial charge in [0.05, 0.1) is 0 Å². The molecule has 0 saturated heterocycles. The van der Waals surface area contributed by atoms with Crippen LogP contribution < -0.4 is 0 Å². The van der Waals surface area contributed by atoms with Gasteiger partial charge in [0.15, 0.2) is 0 Å². The van der Waals surface area contributed by atoms with Gasteiger partial charge in [0.2, 0.25) is 0 Å². The molecule has 0 unspecified atom stereocenters. The Bertz CT molecular complexity index is 1120. The van der Waals surface area contributed by atoms with Gasteiger partial charge in [0.1, 0.15) is 0 Å². The van der Waals surface area contributed by atoms with E-state index in [4.69, 9.17) is 17.0 Å². The zero-order valence-electron chi connectivity index (χ0n) is 24.1. The van der Waals surface area contributed by atoms with Crippen LogP contribution in [0.4, 0.5) is 0 Å². The summed E-state index contributed by atoms with van der Waals surface area (Å²) in [4.78, 5) is 0. The van der Waals surface area contributed by atoms with Crippen molar-refractivity contribution in [3.05, 3.63) is 95.1 Å². The first-order valence-corrected chi connectivity index (χ1v) is 22.0. The van der Waals surface area contributed by atoms with Crippen molar-refractivity contribution in [2.24, 2.45) is 0 Å². The van der Waals surface area contributed by atoms with E-state index < -0.39 is 20.8 Å². The van der Waals surface area contributed by atoms with Crippen molar-refractivity contribution in [2.75, 3.05) is 0 Å². The Labute approximate surface area is 253 Å². The van der Waals surface area contributed by atoms with E-state index in [1.165, 1.54) is 82.3 Å². The van der Waals surface area contributed by atoms with Crippen molar-refractivity contribution >= 4 is 60.2 Å². The Morgan fingerprint density at radius 1 is 0.737 bits per heavy atom. The number of benzene rings is 2. The van der Waals surface area contributed by atoms with Crippen LogP contribution in [0.15, 0.2) is 72.8 Å². The molecule has 0 nitrogen and oxygen atoms in total. The third-order valence-electron chi connectivity index (χ3n) is 5.90. The summed E-state index contributed by atoms with van der Waals surface area (Å²) in [6.07, 6.45) is 16.6. The Morgan fingerprint density at radius 2 is 1.11 bits per heavy atom. The Kier molecular flexibility index (Phi) is 19.8. The van der Waals surface area contributed by atoms with Gasteiger partial charge < -0.3 is 0 Å². The van der Waals surface area contributed by atoms with E-state index in [-0.39, 0.29) is 0 Å². The van der Waals surface area contributed by atoms with Gasteiger partial charge in [0, 0.05) is 9.52 Å². The molecular formula is C34H44Cl2SiZr. The van der Waals surface area contributed by atoms with E-state index in [0.29, 0.717) is 0 Å². The van der Waals surface area contributed by atoms with Crippen molar-refractivity contribution < 1.29 is 20.8 Å². The fourth-order valence-electron chi connectivity index (χ4n) is 4.17. The second kappa shape index (κ2) is 21.6. The molecule has 0 N–H and O–H groups in total. The minimum absolute atomic E-state index is 0.826. The normalized spacial score (nSPS) is 10.5. The van der Waals surface area contributed by atoms with Crippen LogP contribution in [0.5, 0.6) is 0 Å². The second-order valence-electron chi connectivity index (χ2n) is 9.43. The molecule has 4 aromatic carbocycles. The molecule has 202 valence electrons. The van der Waals surface area contributed by atoms with Crippen LogP contribution >= 0.6 is 17.0 Å². The first kappa shape index (κ1) is 34.8. The molecule has 0 aliphatic heterocycles. The Balaban J connectivity index is 0.000000315. The van der Waals surface area contributed by atoms with Crippen LogP contribution in [-0.4, -0.2) is 9.52 Å². The average molecular weight is 643 g/mol. The molecule has 0 aromatic heterocycles. The Hall–Kier alpha value is -1.18. The van der Waals surface area contributed by atoms with Gasteiger partial charge in [-0.3, -0.25) is 0 Å². The monoisotopic (exact) mass is 640 g/mol.